The number of carbonyl (C=O) groups is 1. The maximum absolute atomic E-state index is 12.0. The van der Waals surface area contributed by atoms with Crippen molar-refractivity contribution in [1.29, 1.82) is 0 Å². The number of benzene rings is 1. The van der Waals surface area contributed by atoms with Gasteiger partial charge in [-0.2, -0.15) is 0 Å². The van der Waals surface area contributed by atoms with Crippen molar-refractivity contribution in [1.82, 2.24) is 0 Å². The van der Waals surface area contributed by atoms with Gasteiger partial charge in [0.25, 0.3) is 0 Å². The highest BCUT2D eigenvalue weighted by molar-refractivity contribution is 6.42. The Morgan fingerprint density at radius 1 is 1.05 bits per heavy atom. The highest BCUT2D eigenvalue weighted by Crippen LogP contribution is 2.23. The molecule has 5 heteroatoms. The first-order chi connectivity index (χ1) is 9.99. The van der Waals surface area contributed by atoms with Gasteiger partial charge in [-0.25, -0.2) is 0 Å². The molecule has 0 aromatic heterocycles. The number of hydrogen-bond donors (Lipinski definition) is 1. The summed E-state index contributed by atoms with van der Waals surface area (Å²) >= 11 is 11.7. The third-order valence-electron chi connectivity index (χ3n) is 2.75. The van der Waals surface area contributed by atoms with Gasteiger partial charge in [-0.15, -0.1) is 0 Å². The van der Waals surface area contributed by atoms with Gasteiger partial charge in [0.1, 0.15) is 0 Å². The predicted octanol–water partition coefficient (Wildman–Crippen LogP) is 3.96. The van der Waals surface area contributed by atoms with Crippen molar-refractivity contribution in [3.05, 3.63) is 79.9 Å². The first-order valence-electron chi connectivity index (χ1n) is 5.99. The molecule has 21 heavy (non-hydrogen) atoms. The predicted molar refractivity (Wildman–Crippen MR) is 84.2 cm³/mol. The lowest BCUT2D eigenvalue weighted by Crippen LogP contribution is -2.01. The summed E-state index contributed by atoms with van der Waals surface area (Å²) in [5.74, 6) is -1.05. The maximum Gasteiger partial charge on any atom is 0.220 e. The third-order valence-corrected chi connectivity index (χ3v) is 3.49. The minimum Gasteiger partial charge on any atom is -0.504 e. The molecular formula is C16H10Cl2O3. The Kier molecular flexibility index (Phi) is 4.78. The second-order valence-corrected chi connectivity index (χ2v) is 5.03. The van der Waals surface area contributed by atoms with E-state index in [1.165, 1.54) is 36.4 Å². The van der Waals surface area contributed by atoms with E-state index in [-0.39, 0.29) is 5.56 Å². The molecule has 0 spiro atoms. The molecule has 0 radical (unpaired) electrons. The molecule has 2 rings (SSSR count). The molecule has 0 saturated heterocycles. The molecular weight excluding hydrogens is 311 g/mol. The molecule has 1 N–H and O–H groups in total. The zero-order valence-electron chi connectivity index (χ0n) is 10.7. The molecule has 2 aromatic rings. The summed E-state index contributed by atoms with van der Waals surface area (Å²) in [6, 6.07) is 10.5. The first kappa shape index (κ1) is 15.3. The van der Waals surface area contributed by atoms with Crippen LogP contribution in [0.3, 0.4) is 0 Å². The third kappa shape index (κ3) is 3.72. The van der Waals surface area contributed by atoms with E-state index in [0.29, 0.717) is 15.6 Å². The van der Waals surface area contributed by atoms with E-state index < -0.39 is 17.0 Å². The van der Waals surface area contributed by atoms with Crippen LogP contribution in [-0.2, 0) is 0 Å². The molecule has 0 aliphatic heterocycles. The molecule has 0 fully saturated rings. The van der Waals surface area contributed by atoms with Gasteiger partial charge in [-0.1, -0.05) is 47.5 Å². The van der Waals surface area contributed by atoms with Crippen molar-refractivity contribution >= 4 is 35.1 Å². The van der Waals surface area contributed by atoms with E-state index in [1.807, 2.05) is 0 Å². The summed E-state index contributed by atoms with van der Waals surface area (Å²) in [5, 5.41) is 10.5. The van der Waals surface area contributed by atoms with Crippen LogP contribution in [0.4, 0.5) is 0 Å². The molecule has 0 bridgehead atoms. The molecule has 0 aliphatic carbocycles. The lowest BCUT2D eigenvalue weighted by molar-refractivity contribution is 0.104. The minimum absolute atomic E-state index is 0.0543. The van der Waals surface area contributed by atoms with Crippen molar-refractivity contribution in [2.45, 2.75) is 0 Å². The fourth-order valence-corrected chi connectivity index (χ4v) is 1.97. The Hall–Kier alpha value is -2.10. The van der Waals surface area contributed by atoms with Crippen LogP contribution >= 0.6 is 23.2 Å². The number of rotatable bonds is 3. The van der Waals surface area contributed by atoms with Crippen molar-refractivity contribution in [3.63, 3.8) is 0 Å². The highest BCUT2D eigenvalue weighted by atomic mass is 35.5. The highest BCUT2D eigenvalue weighted by Gasteiger charge is 2.09. The quantitative estimate of drug-likeness (QED) is 0.688. The van der Waals surface area contributed by atoms with Crippen LogP contribution < -0.4 is 5.43 Å². The number of hydrogen-bond acceptors (Lipinski definition) is 3. The second-order valence-electron chi connectivity index (χ2n) is 4.22. The lowest BCUT2D eigenvalue weighted by atomic mass is 10.1. The summed E-state index contributed by atoms with van der Waals surface area (Å²) < 4.78 is 0. The fraction of sp³-hybridized carbons (Fsp3) is 0. The molecule has 0 unspecified atom stereocenters. The van der Waals surface area contributed by atoms with Gasteiger partial charge in [0, 0.05) is 0 Å². The lowest BCUT2D eigenvalue weighted by Gasteiger charge is -1.98. The van der Waals surface area contributed by atoms with Crippen LogP contribution in [0.5, 0.6) is 5.75 Å². The van der Waals surface area contributed by atoms with E-state index in [0.717, 1.165) is 0 Å². The normalized spacial score (nSPS) is 10.8. The summed E-state index contributed by atoms with van der Waals surface area (Å²) in [6.07, 6.45) is 2.79. The van der Waals surface area contributed by atoms with Crippen molar-refractivity contribution < 1.29 is 9.90 Å². The Bertz CT molecular complexity index is 783. The first-order valence-corrected chi connectivity index (χ1v) is 6.74. The van der Waals surface area contributed by atoms with Gasteiger partial charge in [-0.3, -0.25) is 9.59 Å². The van der Waals surface area contributed by atoms with E-state index in [1.54, 1.807) is 18.2 Å². The van der Waals surface area contributed by atoms with Gasteiger partial charge in [0.05, 0.1) is 15.6 Å². The van der Waals surface area contributed by atoms with Crippen molar-refractivity contribution in [2.24, 2.45) is 0 Å². The number of halogens is 2. The average molecular weight is 321 g/mol. The zero-order chi connectivity index (χ0) is 15.4. The maximum atomic E-state index is 12.0. The molecule has 0 amide bonds. The second kappa shape index (κ2) is 6.57. The zero-order valence-corrected chi connectivity index (χ0v) is 12.2. The molecule has 0 saturated carbocycles. The van der Waals surface area contributed by atoms with E-state index in [2.05, 4.69) is 0 Å². The standard InChI is InChI=1S/C16H10Cl2O3/c17-12-7-5-10(9-13(12)18)6-8-14(19)11-3-1-2-4-15(20)16(11)21/h1-9H,(H,20,21)/b8-6+. The largest absolute Gasteiger partial charge is 0.504 e. The Balaban J connectivity index is 2.32. The Labute approximate surface area is 131 Å². The fourth-order valence-electron chi connectivity index (χ4n) is 1.66. The Morgan fingerprint density at radius 2 is 1.76 bits per heavy atom. The van der Waals surface area contributed by atoms with Gasteiger partial charge < -0.3 is 5.11 Å². The monoisotopic (exact) mass is 320 g/mol. The van der Waals surface area contributed by atoms with Crippen LogP contribution in [0.25, 0.3) is 6.08 Å². The summed E-state index contributed by atoms with van der Waals surface area (Å²) in [5.41, 5.74) is 0.0208. The van der Waals surface area contributed by atoms with Crippen molar-refractivity contribution in [2.75, 3.05) is 0 Å². The van der Waals surface area contributed by atoms with Crippen LogP contribution in [-0.4, -0.2) is 10.9 Å². The van der Waals surface area contributed by atoms with Crippen LogP contribution in [0, 0.1) is 0 Å². The Morgan fingerprint density at radius 3 is 2.48 bits per heavy atom. The topological polar surface area (TPSA) is 54.4 Å². The molecule has 2 aromatic carbocycles. The smallest absolute Gasteiger partial charge is 0.220 e. The number of carbonyl (C=O) groups excluding carboxylic acids is 1. The summed E-state index contributed by atoms with van der Waals surface area (Å²) in [4.78, 5) is 23.5. The number of allylic oxidation sites excluding steroid dienone is 1. The molecule has 0 aliphatic rings. The van der Waals surface area contributed by atoms with E-state index >= 15 is 0 Å². The SMILES string of the molecule is O=C(/C=C/c1ccc(Cl)c(Cl)c1)c1ccccc(=O)c1O. The van der Waals surface area contributed by atoms with Gasteiger partial charge in [0.2, 0.25) is 5.43 Å². The van der Waals surface area contributed by atoms with E-state index in [4.69, 9.17) is 23.2 Å². The molecule has 106 valence electrons. The van der Waals surface area contributed by atoms with Crippen LogP contribution in [0.15, 0.2) is 53.3 Å². The summed E-state index contributed by atoms with van der Waals surface area (Å²) in [6.45, 7) is 0. The summed E-state index contributed by atoms with van der Waals surface area (Å²) in [7, 11) is 0. The molecule has 0 atom stereocenters. The average Bonchev–Trinajstić information content (AvgIpc) is 2.62. The van der Waals surface area contributed by atoms with Crippen LogP contribution in [0.2, 0.25) is 10.0 Å². The van der Waals surface area contributed by atoms with E-state index in [9.17, 15) is 14.7 Å². The number of aromatic hydroxyl groups is 1. The van der Waals surface area contributed by atoms with Crippen molar-refractivity contribution in [3.8, 4) is 5.75 Å². The van der Waals surface area contributed by atoms with Gasteiger partial charge in [-0.05, 0) is 35.9 Å². The molecule has 0 heterocycles. The van der Waals surface area contributed by atoms with Gasteiger partial charge >= 0.3 is 0 Å². The van der Waals surface area contributed by atoms with Gasteiger partial charge in [0.15, 0.2) is 11.5 Å². The van der Waals surface area contributed by atoms with Crippen LogP contribution in [0.1, 0.15) is 15.9 Å². The minimum atomic E-state index is -0.605. The molecule has 3 nitrogen and oxygen atoms in total. The number of ketones is 1.